The van der Waals surface area contributed by atoms with E-state index in [0.717, 1.165) is 32.5 Å². The van der Waals surface area contributed by atoms with E-state index in [9.17, 15) is 4.79 Å². The van der Waals surface area contributed by atoms with Crippen LogP contribution in [-0.4, -0.2) is 59.6 Å². The van der Waals surface area contributed by atoms with Crippen molar-refractivity contribution in [1.82, 2.24) is 9.80 Å². The summed E-state index contributed by atoms with van der Waals surface area (Å²) >= 11 is 0. The van der Waals surface area contributed by atoms with Crippen LogP contribution in [0.5, 0.6) is 0 Å². The zero-order chi connectivity index (χ0) is 12.1. The first-order chi connectivity index (χ1) is 7.54. The van der Waals surface area contributed by atoms with Gasteiger partial charge < -0.3 is 14.9 Å². The lowest BCUT2D eigenvalue weighted by Crippen LogP contribution is -2.46. The van der Waals surface area contributed by atoms with Crippen LogP contribution in [0.15, 0.2) is 0 Å². The number of nitrogens with zero attached hydrogens (tertiary/aromatic N) is 2. The molecule has 1 aliphatic heterocycles. The number of hydrogen-bond acceptors (Lipinski definition) is 3. The second-order valence-corrected chi connectivity index (χ2v) is 4.78. The minimum absolute atomic E-state index is 0.135. The minimum Gasteiger partial charge on any atom is -0.481 e. The summed E-state index contributed by atoms with van der Waals surface area (Å²) in [6, 6.07) is 0.688. The molecule has 16 heavy (non-hydrogen) atoms. The molecule has 0 aromatic heterocycles. The van der Waals surface area contributed by atoms with E-state index in [2.05, 4.69) is 23.8 Å². The van der Waals surface area contributed by atoms with E-state index in [1.165, 1.54) is 0 Å². The normalized spacial score (nSPS) is 21.2. The number of carboxylic acids is 1. The second-order valence-electron chi connectivity index (χ2n) is 4.78. The Balaban J connectivity index is 2.37. The van der Waals surface area contributed by atoms with Crippen LogP contribution in [0.4, 0.5) is 0 Å². The van der Waals surface area contributed by atoms with Gasteiger partial charge in [-0.15, -0.1) is 0 Å². The average molecular weight is 228 g/mol. The smallest absolute Gasteiger partial charge is 0.304 e. The summed E-state index contributed by atoms with van der Waals surface area (Å²) in [5.74, 6) is -0.703. The molecule has 0 radical (unpaired) electrons. The first-order valence-electron chi connectivity index (χ1n) is 6.20. The fraction of sp³-hybridized carbons (Fsp3) is 0.917. The molecule has 0 aliphatic carbocycles. The third-order valence-electron chi connectivity index (χ3n) is 3.75. The SMILES string of the molecule is CCN1CCC(N(C)C(C)CC(=O)O)CC1. The van der Waals surface area contributed by atoms with E-state index in [-0.39, 0.29) is 12.5 Å². The molecule has 1 rings (SSSR count). The van der Waals surface area contributed by atoms with Crippen molar-refractivity contribution < 1.29 is 9.90 Å². The molecule has 4 heteroatoms. The van der Waals surface area contributed by atoms with Crippen LogP contribution in [0, 0.1) is 0 Å². The fourth-order valence-electron chi connectivity index (χ4n) is 2.40. The van der Waals surface area contributed by atoms with Crippen LogP contribution >= 0.6 is 0 Å². The molecule has 1 saturated heterocycles. The summed E-state index contributed by atoms with van der Waals surface area (Å²) in [6.07, 6.45) is 2.56. The number of carbonyl (C=O) groups is 1. The molecule has 0 amide bonds. The van der Waals surface area contributed by atoms with Crippen LogP contribution in [0.2, 0.25) is 0 Å². The van der Waals surface area contributed by atoms with E-state index < -0.39 is 5.97 Å². The third-order valence-corrected chi connectivity index (χ3v) is 3.75. The van der Waals surface area contributed by atoms with Gasteiger partial charge in [-0.1, -0.05) is 6.92 Å². The fourth-order valence-corrected chi connectivity index (χ4v) is 2.40. The molecule has 1 fully saturated rings. The molecule has 1 aliphatic rings. The molecule has 0 aromatic rings. The molecule has 94 valence electrons. The molecule has 0 aromatic carbocycles. The molecule has 0 spiro atoms. The van der Waals surface area contributed by atoms with Crippen molar-refractivity contribution in [3.05, 3.63) is 0 Å². The summed E-state index contributed by atoms with van der Waals surface area (Å²) < 4.78 is 0. The van der Waals surface area contributed by atoms with Gasteiger partial charge in [-0.3, -0.25) is 4.79 Å². The highest BCUT2D eigenvalue weighted by molar-refractivity contribution is 5.67. The molecule has 1 heterocycles. The maximum absolute atomic E-state index is 10.7. The number of carboxylic acid groups (broad SMARTS) is 1. The molecule has 0 saturated carbocycles. The van der Waals surface area contributed by atoms with Crippen LogP contribution in [0.3, 0.4) is 0 Å². The lowest BCUT2D eigenvalue weighted by atomic mass is 10.0. The molecule has 1 N–H and O–H groups in total. The Morgan fingerprint density at radius 1 is 1.50 bits per heavy atom. The van der Waals surface area contributed by atoms with Gasteiger partial charge >= 0.3 is 5.97 Å². The van der Waals surface area contributed by atoms with Crippen molar-refractivity contribution in [1.29, 1.82) is 0 Å². The van der Waals surface area contributed by atoms with Crippen LogP contribution in [0.1, 0.15) is 33.1 Å². The first-order valence-corrected chi connectivity index (χ1v) is 6.20. The summed E-state index contributed by atoms with van der Waals surface area (Å²) in [7, 11) is 2.06. The number of hydrogen-bond donors (Lipinski definition) is 1. The lowest BCUT2D eigenvalue weighted by Gasteiger charge is -2.38. The van der Waals surface area contributed by atoms with Crippen molar-refractivity contribution >= 4 is 5.97 Å². The van der Waals surface area contributed by atoms with E-state index >= 15 is 0 Å². The summed E-state index contributed by atoms with van der Waals surface area (Å²) in [5, 5.41) is 8.78. The Labute approximate surface area is 98.2 Å². The Kier molecular flexibility index (Phi) is 5.22. The van der Waals surface area contributed by atoms with Gasteiger partial charge in [-0.2, -0.15) is 0 Å². The number of likely N-dealkylation sites (tertiary alicyclic amines) is 1. The molecule has 4 nitrogen and oxygen atoms in total. The quantitative estimate of drug-likeness (QED) is 0.769. The highest BCUT2D eigenvalue weighted by atomic mass is 16.4. The van der Waals surface area contributed by atoms with Gasteiger partial charge in [-0.05, 0) is 46.4 Å². The van der Waals surface area contributed by atoms with Gasteiger partial charge in [0.1, 0.15) is 0 Å². The Bertz CT molecular complexity index is 225. The second kappa shape index (κ2) is 6.21. The van der Waals surface area contributed by atoms with Gasteiger partial charge in [-0.25, -0.2) is 0 Å². The zero-order valence-electron chi connectivity index (χ0n) is 10.6. The molecule has 1 unspecified atom stereocenters. The zero-order valence-corrected chi connectivity index (χ0v) is 10.6. The van der Waals surface area contributed by atoms with Crippen LogP contribution in [-0.2, 0) is 4.79 Å². The number of aliphatic carboxylic acids is 1. The highest BCUT2D eigenvalue weighted by Gasteiger charge is 2.25. The van der Waals surface area contributed by atoms with Gasteiger partial charge in [0, 0.05) is 12.1 Å². The van der Waals surface area contributed by atoms with E-state index in [1.807, 2.05) is 6.92 Å². The number of piperidine rings is 1. The molecule has 0 bridgehead atoms. The highest BCUT2D eigenvalue weighted by Crippen LogP contribution is 2.18. The maximum Gasteiger partial charge on any atom is 0.304 e. The summed E-state index contributed by atoms with van der Waals surface area (Å²) in [6.45, 7) is 7.61. The maximum atomic E-state index is 10.7. The predicted molar refractivity (Wildman–Crippen MR) is 64.6 cm³/mol. The van der Waals surface area contributed by atoms with Gasteiger partial charge in [0.2, 0.25) is 0 Å². The van der Waals surface area contributed by atoms with Crippen molar-refractivity contribution in [2.45, 2.75) is 45.2 Å². The first kappa shape index (κ1) is 13.5. The Hall–Kier alpha value is -0.610. The number of rotatable bonds is 5. The van der Waals surface area contributed by atoms with Crippen molar-refractivity contribution in [3.8, 4) is 0 Å². The molecule has 1 atom stereocenters. The van der Waals surface area contributed by atoms with Crippen molar-refractivity contribution in [2.24, 2.45) is 0 Å². The van der Waals surface area contributed by atoms with Crippen molar-refractivity contribution in [3.63, 3.8) is 0 Å². The van der Waals surface area contributed by atoms with E-state index in [0.29, 0.717) is 6.04 Å². The monoisotopic (exact) mass is 228 g/mol. The summed E-state index contributed by atoms with van der Waals surface area (Å²) in [4.78, 5) is 15.3. The van der Waals surface area contributed by atoms with E-state index in [1.54, 1.807) is 0 Å². The standard InChI is InChI=1S/C12H24N2O2/c1-4-14-7-5-11(6-8-14)13(3)10(2)9-12(15)16/h10-11H,4-9H2,1-3H3,(H,15,16). The van der Waals surface area contributed by atoms with Crippen LogP contribution < -0.4 is 0 Å². The van der Waals surface area contributed by atoms with Crippen LogP contribution in [0.25, 0.3) is 0 Å². The largest absolute Gasteiger partial charge is 0.481 e. The van der Waals surface area contributed by atoms with E-state index in [4.69, 9.17) is 5.11 Å². The van der Waals surface area contributed by atoms with Gasteiger partial charge in [0.15, 0.2) is 0 Å². The van der Waals surface area contributed by atoms with Gasteiger partial charge in [0.05, 0.1) is 6.42 Å². The molecular weight excluding hydrogens is 204 g/mol. The third kappa shape index (κ3) is 3.76. The Morgan fingerprint density at radius 2 is 2.06 bits per heavy atom. The van der Waals surface area contributed by atoms with Crippen molar-refractivity contribution in [2.75, 3.05) is 26.7 Å². The summed E-state index contributed by atoms with van der Waals surface area (Å²) in [5.41, 5.74) is 0. The van der Waals surface area contributed by atoms with Gasteiger partial charge in [0.25, 0.3) is 0 Å². The Morgan fingerprint density at radius 3 is 2.50 bits per heavy atom. The average Bonchev–Trinajstić information content (AvgIpc) is 2.27. The predicted octanol–water partition coefficient (Wildman–Crippen LogP) is 1.27. The topological polar surface area (TPSA) is 43.8 Å². The molecular formula is C12H24N2O2. The minimum atomic E-state index is -0.703. The lowest BCUT2D eigenvalue weighted by molar-refractivity contribution is -0.138.